The molecule has 0 bridgehead atoms. The number of nitrogens with two attached hydrogens (primary N) is 1. The van der Waals surface area contributed by atoms with Crippen molar-refractivity contribution in [3.8, 4) is 22.3 Å². The molecular weight excluding hydrogens is 603 g/mol. The van der Waals surface area contributed by atoms with Crippen LogP contribution in [0.4, 0.5) is 19.0 Å². The molecule has 1 saturated carbocycles. The molecule has 2 atom stereocenters. The topological polar surface area (TPSA) is 83.7 Å². The van der Waals surface area contributed by atoms with Crippen molar-refractivity contribution < 1.29 is 22.7 Å². The third-order valence-corrected chi connectivity index (χ3v) is 9.19. The highest BCUT2D eigenvalue weighted by Crippen LogP contribution is 2.32. The molecule has 2 aliphatic rings. The molecule has 10 heteroatoms. The van der Waals surface area contributed by atoms with Crippen LogP contribution in [0.5, 0.6) is 0 Å². The summed E-state index contributed by atoms with van der Waals surface area (Å²) in [6.45, 7) is 5.83. The predicted octanol–water partition coefficient (Wildman–Crippen LogP) is 6.63. The summed E-state index contributed by atoms with van der Waals surface area (Å²) < 4.78 is 45.2. The van der Waals surface area contributed by atoms with Gasteiger partial charge in [-0.2, -0.15) is 13.2 Å². The molecule has 4 aromatic rings. The molecule has 3 aromatic carbocycles. The Labute approximate surface area is 273 Å². The van der Waals surface area contributed by atoms with Crippen LogP contribution >= 0.6 is 0 Å². The Hall–Kier alpha value is -4.25. The number of carbonyl (C=O) groups excluding carboxylic acids is 1. The number of amides is 1. The number of hydrogen-bond donors (Lipinski definition) is 2. The van der Waals surface area contributed by atoms with E-state index in [4.69, 9.17) is 10.5 Å². The zero-order valence-corrected chi connectivity index (χ0v) is 26.5. The smallest absolute Gasteiger partial charge is 0.383 e. The van der Waals surface area contributed by atoms with Crippen LogP contribution in [0.1, 0.15) is 46.3 Å². The van der Waals surface area contributed by atoms with Gasteiger partial charge in [-0.1, -0.05) is 60.7 Å². The van der Waals surface area contributed by atoms with E-state index in [0.717, 1.165) is 75.2 Å². The van der Waals surface area contributed by atoms with E-state index < -0.39 is 11.7 Å². The molecular formula is C37H40F3N5O2. The van der Waals surface area contributed by atoms with Gasteiger partial charge in [0, 0.05) is 44.5 Å². The van der Waals surface area contributed by atoms with E-state index in [1.165, 1.54) is 29.5 Å². The molecule has 6 rings (SSSR count). The van der Waals surface area contributed by atoms with E-state index in [0.29, 0.717) is 17.7 Å². The second kappa shape index (κ2) is 14.3. The van der Waals surface area contributed by atoms with Gasteiger partial charge in [-0.3, -0.25) is 9.69 Å². The molecule has 0 unspecified atom stereocenters. The third kappa shape index (κ3) is 8.19. The van der Waals surface area contributed by atoms with E-state index in [1.54, 1.807) is 6.07 Å². The van der Waals surface area contributed by atoms with Gasteiger partial charge in [-0.25, -0.2) is 4.98 Å². The summed E-state index contributed by atoms with van der Waals surface area (Å²) in [7, 11) is 2.17. The molecule has 1 amide bonds. The number of likely N-dealkylation sites (N-methyl/N-ethyl adjacent to an activating group) is 1. The van der Waals surface area contributed by atoms with Gasteiger partial charge >= 0.3 is 6.18 Å². The van der Waals surface area contributed by atoms with Crippen molar-refractivity contribution in [2.45, 2.75) is 50.7 Å². The molecule has 3 N–H and O–H groups in total. The zero-order chi connectivity index (χ0) is 33.0. The summed E-state index contributed by atoms with van der Waals surface area (Å²) >= 11 is 0. The number of ether oxygens (including phenoxy) is 1. The lowest BCUT2D eigenvalue weighted by Gasteiger charge is -2.32. The number of nitrogens with one attached hydrogen (secondary N) is 1. The van der Waals surface area contributed by atoms with Gasteiger partial charge in [0.2, 0.25) is 0 Å². The number of carbonyl (C=O) groups is 1. The van der Waals surface area contributed by atoms with Gasteiger partial charge in [0.25, 0.3) is 5.91 Å². The fourth-order valence-electron chi connectivity index (χ4n) is 6.27. The first-order valence-electron chi connectivity index (χ1n) is 16.1. The number of anilines is 1. The first-order chi connectivity index (χ1) is 22.6. The number of pyridine rings is 1. The van der Waals surface area contributed by atoms with Crippen molar-refractivity contribution in [2.75, 3.05) is 39.0 Å². The number of benzene rings is 3. The second-order valence-corrected chi connectivity index (χ2v) is 12.6. The maximum absolute atomic E-state index is 13.3. The largest absolute Gasteiger partial charge is 0.416 e. The van der Waals surface area contributed by atoms with Crippen LogP contribution in [0.25, 0.3) is 22.3 Å². The average molecular weight is 644 g/mol. The summed E-state index contributed by atoms with van der Waals surface area (Å²) in [4.78, 5) is 22.3. The van der Waals surface area contributed by atoms with Gasteiger partial charge in [-0.05, 0) is 72.3 Å². The molecule has 2 fully saturated rings. The van der Waals surface area contributed by atoms with E-state index >= 15 is 0 Å². The Morgan fingerprint density at radius 1 is 0.872 bits per heavy atom. The minimum Gasteiger partial charge on any atom is -0.383 e. The Bertz CT molecular complexity index is 1650. The van der Waals surface area contributed by atoms with Crippen molar-refractivity contribution in [1.82, 2.24) is 20.1 Å². The maximum Gasteiger partial charge on any atom is 0.416 e. The van der Waals surface area contributed by atoms with Crippen LogP contribution < -0.4 is 11.1 Å². The second-order valence-electron chi connectivity index (χ2n) is 12.6. The lowest BCUT2D eigenvalue weighted by molar-refractivity contribution is -0.137. The van der Waals surface area contributed by atoms with E-state index in [9.17, 15) is 18.0 Å². The fraction of sp³-hybridized carbons (Fsp3) is 0.351. The Kier molecular flexibility index (Phi) is 9.91. The van der Waals surface area contributed by atoms with Crippen molar-refractivity contribution >= 4 is 11.7 Å². The van der Waals surface area contributed by atoms with Gasteiger partial charge < -0.3 is 20.7 Å². The minimum atomic E-state index is -4.43. The highest BCUT2D eigenvalue weighted by molar-refractivity contribution is 5.99. The highest BCUT2D eigenvalue weighted by Gasteiger charge is 2.31. The van der Waals surface area contributed by atoms with Crippen LogP contribution in [0.3, 0.4) is 0 Å². The molecule has 1 aromatic heterocycles. The normalized spacial score (nSPS) is 19.1. The molecule has 2 heterocycles. The van der Waals surface area contributed by atoms with Gasteiger partial charge in [0.05, 0.1) is 29.9 Å². The predicted molar refractivity (Wildman–Crippen MR) is 177 cm³/mol. The lowest BCUT2D eigenvalue weighted by atomic mass is 10.0. The van der Waals surface area contributed by atoms with Crippen LogP contribution in [-0.2, 0) is 24.1 Å². The zero-order valence-electron chi connectivity index (χ0n) is 26.5. The van der Waals surface area contributed by atoms with Crippen LogP contribution in [0.15, 0.2) is 85.1 Å². The number of nitrogen functional groups attached to an aromatic ring is 1. The molecule has 0 radical (unpaired) electrons. The number of alkyl halides is 3. The summed E-state index contributed by atoms with van der Waals surface area (Å²) in [6, 6.07) is 23.3. The summed E-state index contributed by atoms with van der Waals surface area (Å²) in [5, 5.41) is 3.05. The first kappa shape index (κ1) is 32.7. The number of piperazine rings is 1. The van der Waals surface area contributed by atoms with Crippen LogP contribution in [0.2, 0.25) is 0 Å². The van der Waals surface area contributed by atoms with Crippen molar-refractivity contribution in [2.24, 2.45) is 0 Å². The maximum atomic E-state index is 13.3. The van der Waals surface area contributed by atoms with Crippen LogP contribution in [0, 0.1) is 0 Å². The number of hydrogen-bond acceptors (Lipinski definition) is 6. The van der Waals surface area contributed by atoms with E-state index in [-0.39, 0.29) is 29.4 Å². The number of aromatic nitrogens is 1. The number of halogens is 3. The number of rotatable bonds is 9. The standard InChI is InChI=1S/C37H40F3N5O2/c1-44-17-19-45(20-18-44)23-25-5-9-27(10-6-25)28-11-7-26(8-12-28)24-47-34-4-2-3-33(34)43-36(46)32-21-30(22-42-35(32)41)29-13-15-31(16-14-29)37(38,39)40/h5-16,21-22,33-34H,2-4,17-20,23-24H2,1H3,(H2,41,42)(H,43,46)/t33-,34-/m0/s1. The van der Waals surface area contributed by atoms with Crippen LogP contribution in [-0.4, -0.2) is 66.1 Å². The van der Waals surface area contributed by atoms with E-state index in [2.05, 4.69) is 75.7 Å². The molecule has 0 spiro atoms. The van der Waals surface area contributed by atoms with Gasteiger partial charge in [0.1, 0.15) is 5.82 Å². The fourth-order valence-corrected chi connectivity index (χ4v) is 6.27. The summed E-state index contributed by atoms with van der Waals surface area (Å²) in [5.74, 6) is -0.332. The van der Waals surface area contributed by atoms with Crippen molar-refractivity contribution in [1.29, 1.82) is 0 Å². The Morgan fingerprint density at radius 3 is 2.11 bits per heavy atom. The minimum absolute atomic E-state index is 0.0541. The number of nitrogens with zero attached hydrogens (tertiary/aromatic N) is 3. The third-order valence-electron chi connectivity index (χ3n) is 9.19. The Morgan fingerprint density at radius 2 is 1.47 bits per heavy atom. The monoisotopic (exact) mass is 643 g/mol. The van der Waals surface area contributed by atoms with Crippen molar-refractivity contribution in [3.05, 3.63) is 107 Å². The molecule has 246 valence electrons. The average Bonchev–Trinajstić information content (AvgIpc) is 3.52. The molecule has 1 saturated heterocycles. The van der Waals surface area contributed by atoms with E-state index in [1.807, 2.05) is 0 Å². The molecule has 47 heavy (non-hydrogen) atoms. The Balaban J connectivity index is 1.02. The lowest BCUT2D eigenvalue weighted by Crippen LogP contribution is -2.43. The summed E-state index contributed by atoms with van der Waals surface area (Å²) in [5.41, 5.74) is 11.2. The molecule has 7 nitrogen and oxygen atoms in total. The first-order valence-corrected chi connectivity index (χ1v) is 16.1. The summed E-state index contributed by atoms with van der Waals surface area (Å²) in [6.07, 6.45) is -0.623. The highest BCUT2D eigenvalue weighted by atomic mass is 19.4. The van der Waals surface area contributed by atoms with Gasteiger partial charge in [0.15, 0.2) is 0 Å². The van der Waals surface area contributed by atoms with Gasteiger partial charge in [-0.15, -0.1) is 0 Å². The molecule has 1 aliphatic carbocycles. The SMILES string of the molecule is CN1CCN(Cc2ccc(-c3ccc(CO[C@H]4CCC[C@@H]4NC(=O)c4cc(-c5ccc(C(F)(F)F)cc5)cnc4N)cc3)cc2)CC1. The van der Waals surface area contributed by atoms with Crippen molar-refractivity contribution in [3.63, 3.8) is 0 Å². The molecule has 1 aliphatic heterocycles. The quantitative estimate of drug-likeness (QED) is 0.213.